The predicted octanol–water partition coefficient (Wildman–Crippen LogP) is 4.31. The smallest absolute Gasteiger partial charge is 0.217 e. The van der Waals surface area contributed by atoms with Crippen LogP contribution in [0.1, 0.15) is 49.1 Å². The van der Waals surface area contributed by atoms with Crippen molar-refractivity contribution in [1.29, 1.82) is 5.26 Å². The molecule has 0 radical (unpaired) electrons. The number of rotatable bonds is 6. The van der Waals surface area contributed by atoms with E-state index in [2.05, 4.69) is 27.8 Å². The minimum Gasteiger partial charge on any atom is -0.370 e. The van der Waals surface area contributed by atoms with Crippen LogP contribution in [-0.2, 0) is 23.2 Å². The van der Waals surface area contributed by atoms with E-state index in [4.69, 9.17) is 5.73 Å². The Morgan fingerprint density at radius 1 is 1.30 bits per heavy atom. The standard InChI is InChI=1S/C24H23FN4O/c1-24(2,9-10-26)23-19(7-8-22(27)30)20-11-15-13-28-14-16(15)12-21(20)29(23)18-5-3-17(25)4-6-18/h3-6,11-12,14H,7-9,13H2,1-2H3,(H2,27,30). The van der Waals surface area contributed by atoms with Crippen LogP contribution >= 0.6 is 0 Å². The molecule has 2 heterocycles. The molecule has 152 valence electrons. The molecule has 1 aromatic heterocycles. The summed E-state index contributed by atoms with van der Waals surface area (Å²) in [6.45, 7) is 4.67. The molecule has 1 aliphatic rings. The lowest BCUT2D eigenvalue weighted by Crippen LogP contribution is -2.23. The van der Waals surface area contributed by atoms with Crippen LogP contribution in [0.5, 0.6) is 0 Å². The van der Waals surface area contributed by atoms with Gasteiger partial charge in [-0.25, -0.2) is 4.39 Å². The van der Waals surface area contributed by atoms with E-state index in [1.165, 1.54) is 12.1 Å². The molecule has 0 saturated carbocycles. The molecule has 0 bridgehead atoms. The number of fused-ring (bicyclic) bond motifs is 2. The molecule has 0 unspecified atom stereocenters. The number of nitrogens with two attached hydrogens (primary N) is 1. The van der Waals surface area contributed by atoms with Crippen molar-refractivity contribution in [2.24, 2.45) is 10.7 Å². The summed E-state index contributed by atoms with van der Waals surface area (Å²) < 4.78 is 15.7. The first-order valence-corrected chi connectivity index (χ1v) is 9.93. The minimum atomic E-state index is -0.492. The maximum absolute atomic E-state index is 13.6. The Hall–Kier alpha value is -3.46. The van der Waals surface area contributed by atoms with Gasteiger partial charge < -0.3 is 10.3 Å². The van der Waals surface area contributed by atoms with E-state index in [0.29, 0.717) is 19.4 Å². The van der Waals surface area contributed by atoms with Gasteiger partial charge in [-0.3, -0.25) is 9.79 Å². The molecular formula is C24H23FN4O. The van der Waals surface area contributed by atoms with Gasteiger partial charge in [0.2, 0.25) is 5.91 Å². The van der Waals surface area contributed by atoms with E-state index in [1.54, 1.807) is 12.1 Å². The minimum absolute atomic E-state index is 0.214. The number of aliphatic imine (C=N–C) groups is 1. The lowest BCUT2D eigenvalue weighted by atomic mass is 9.82. The summed E-state index contributed by atoms with van der Waals surface area (Å²) in [5.74, 6) is -0.679. The molecule has 0 saturated heterocycles. The topological polar surface area (TPSA) is 84.2 Å². The van der Waals surface area contributed by atoms with E-state index in [-0.39, 0.29) is 18.1 Å². The molecule has 3 aromatic rings. The molecule has 4 rings (SSSR count). The Morgan fingerprint density at radius 2 is 2.03 bits per heavy atom. The molecule has 0 aliphatic carbocycles. The van der Waals surface area contributed by atoms with Gasteiger partial charge in [0.25, 0.3) is 0 Å². The van der Waals surface area contributed by atoms with E-state index in [0.717, 1.165) is 39.0 Å². The highest BCUT2D eigenvalue weighted by Gasteiger charge is 2.31. The quantitative estimate of drug-likeness (QED) is 0.666. The molecule has 30 heavy (non-hydrogen) atoms. The third-order valence-corrected chi connectivity index (χ3v) is 5.69. The Morgan fingerprint density at radius 3 is 2.70 bits per heavy atom. The summed E-state index contributed by atoms with van der Waals surface area (Å²) in [5, 5.41) is 10.5. The number of carbonyl (C=O) groups is 1. The first kappa shape index (κ1) is 19.8. The maximum atomic E-state index is 13.6. The molecule has 5 nitrogen and oxygen atoms in total. The first-order valence-electron chi connectivity index (χ1n) is 9.93. The summed E-state index contributed by atoms with van der Waals surface area (Å²) in [7, 11) is 0. The van der Waals surface area contributed by atoms with Crippen molar-refractivity contribution in [1.82, 2.24) is 4.57 Å². The molecule has 1 amide bonds. The number of amides is 1. The Labute approximate surface area is 174 Å². The van der Waals surface area contributed by atoms with Crippen LogP contribution in [-0.4, -0.2) is 16.7 Å². The molecule has 1 aliphatic heterocycles. The Balaban J connectivity index is 2.09. The van der Waals surface area contributed by atoms with Crippen molar-refractivity contribution in [3.05, 3.63) is 64.6 Å². The second-order valence-corrected chi connectivity index (χ2v) is 8.36. The van der Waals surface area contributed by atoms with Crippen LogP contribution in [0.25, 0.3) is 16.6 Å². The van der Waals surface area contributed by atoms with Gasteiger partial charge in [-0.1, -0.05) is 13.8 Å². The SMILES string of the molecule is CC(C)(CC#N)c1c(CCC(N)=O)c2cc3c(cc2n1-c1ccc(F)cc1)C=NC3. The van der Waals surface area contributed by atoms with Gasteiger partial charge in [0.05, 0.1) is 18.1 Å². The number of halogens is 1. The summed E-state index contributed by atoms with van der Waals surface area (Å²) in [4.78, 5) is 16.0. The summed E-state index contributed by atoms with van der Waals surface area (Å²) in [6, 6.07) is 12.8. The monoisotopic (exact) mass is 402 g/mol. The second-order valence-electron chi connectivity index (χ2n) is 8.36. The van der Waals surface area contributed by atoms with Crippen molar-refractivity contribution in [3.63, 3.8) is 0 Å². The normalized spacial score (nSPS) is 12.9. The van der Waals surface area contributed by atoms with Gasteiger partial charge in [-0.2, -0.15) is 5.26 Å². The maximum Gasteiger partial charge on any atom is 0.217 e. The van der Waals surface area contributed by atoms with Crippen molar-refractivity contribution in [2.75, 3.05) is 0 Å². The average molecular weight is 402 g/mol. The van der Waals surface area contributed by atoms with E-state index in [1.807, 2.05) is 20.1 Å². The summed E-state index contributed by atoms with van der Waals surface area (Å²) in [5.41, 5.74) is 10.9. The molecule has 2 aromatic carbocycles. The molecule has 6 heteroatoms. The van der Waals surface area contributed by atoms with E-state index < -0.39 is 5.41 Å². The Bertz CT molecular complexity index is 1210. The van der Waals surface area contributed by atoms with Gasteiger partial charge in [-0.05, 0) is 59.5 Å². The number of nitriles is 1. The fraction of sp³-hybridized carbons (Fsp3) is 0.292. The van der Waals surface area contributed by atoms with Gasteiger partial charge in [-0.15, -0.1) is 0 Å². The largest absolute Gasteiger partial charge is 0.370 e. The third kappa shape index (κ3) is 3.37. The highest BCUT2D eigenvalue weighted by Crippen LogP contribution is 2.40. The van der Waals surface area contributed by atoms with Crippen LogP contribution in [0.15, 0.2) is 41.4 Å². The molecule has 0 fully saturated rings. The summed E-state index contributed by atoms with van der Waals surface area (Å²) >= 11 is 0. The first-order chi connectivity index (χ1) is 14.3. The highest BCUT2D eigenvalue weighted by molar-refractivity contribution is 5.96. The van der Waals surface area contributed by atoms with Gasteiger partial charge in [0.15, 0.2) is 0 Å². The van der Waals surface area contributed by atoms with Crippen LogP contribution in [0.4, 0.5) is 4.39 Å². The lowest BCUT2D eigenvalue weighted by Gasteiger charge is -2.26. The number of primary amides is 1. The molecule has 2 N–H and O–H groups in total. The van der Waals surface area contributed by atoms with Gasteiger partial charge in [0, 0.05) is 41.2 Å². The van der Waals surface area contributed by atoms with Crippen LogP contribution in [0.2, 0.25) is 0 Å². The van der Waals surface area contributed by atoms with E-state index in [9.17, 15) is 14.4 Å². The number of hydrogen-bond acceptors (Lipinski definition) is 3. The number of benzene rings is 2. The number of hydrogen-bond donors (Lipinski definition) is 1. The zero-order chi connectivity index (χ0) is 21.5. The highest BCUT2D eigenvalue weighted by atomic mass is 19.1. The zero-order valence-corrected chi connectivity index (χ0v) is 17.1. The molecule has 0 atom stereocenters. The fourth-order valence-corrected chi connectivity index (χ4v) is 4.31. The number of nitrogens with zero attached hydrogens (tertiary/aromatic N) is 3. The van der Waals surface area contributed by atoms with Gasteiger partial charge in [0.1, 0.15) is 5.82 Å². The van der Waals surface area contributed by atoms with Crippen molar-refractivity contribution >= 4 is 23.0 Å². The van der Waals surface area contributed by atoms with E-state index >= 15 is 0 Å². The number of carbonyl (C=O) groups excluding carboxylic acids is 1. The molecular weight excluding hydrogens is 379 g/mol. The molecule has 0 spiro atoms. The summed E-state index contributed by atoms with van der Waals surface area (Å²) in [6.07, 6.45) is 2.85. The number of aryl methyl sites for hydroxylation is 1. The van der Waals surface area contributed by atoms with Crippen LogP contribution < -0.4 is 5.73 Å². The number of aromatic nitrogens is 1. The average Bonchev–Trinajstić information content (AvgIpc) is 3.27. The third-order valence-electron chi connectivity index (χ3n) is 5.69. The van der Waals surface area contributed by atoms with Gasteiger partial charge >= 0.3 is 0 Å². The second kappa shape index (κ2) is 7.42. The Kier molecular flexibility index (Phi) is 4.90. The predicted molar refractivity (Wildman–Crippen MR) is 115 cm³/mol. The zero-order valence-electron chi connectivity index (χ0n) is 17.1. The van der Waals surface area contributed by atoms with Crippen molar-refractivity contribution < 1.29 is 9.18 Å². The van der Waals surface area contributed by atoms with Crippen LogP contribution in [0.3, 0.4) is 0 Å². The van der Waals surface area contributed by atoms with Crippen molar-refractivity contribution in [3.8, 4) is 11.8 Å². The van der Waals surface area contributed by atoms with Crippen LogP contribution in [0, 0.1) is 17.1 Å². The fourth-order valence-electron chi connectivity index (χ4n) is 4.31. The van der Waals surface area contributed by atoms with Crippen molar-refractivity contribution in [2.45, 2.75) is 45.1 Å². The lowest BCUT2D eigenvalue weighted by molar-refractivity contribution is -0.117.